The molecule has 0 fully saturated rings. The summed E-state index contributed by atoms with van der Waals surface area (Å²) in [6.07, 6.45) is 1.28. The van der Waals surface area contributed by atoms with Gasteiger partial charge in [0.05, 0.1) is 0 Å². The highest BCUT2D eigenvalue weighted by molar-refractivity contribution is 6.04. The van der Waals surface area contributed by atoms with Crippen molar-refractivity contribution < 1.29 is 4.79 Å². The van der Waals surface area contributed by atoms with Crippen LogP contribution in [0.1, 0.15) is 36.3 Å². The van der Waals surface area contributed by atoms with E-state index in [9.17, 15) is 9.59 Å². The van der Waals surface area contributed by atoms with Crippen LogP contribution >= 0.6 is 0 Å². The van der Waals surface area contributed by atoms with E-state index < -0.39 is 0 Å². The molecule has 1 aromatic heterocycles. The lowest BCUT2D eigenvalue weighted by atomic mass is 9.74. The van der Waals surface area contributed by atoms with Gasteiger partial charge in [0.1, 0.15) is 0 Å². The van der Waals surface area contributed by atoms with Crippen LogP contribution in [0.4, 0.5) is 0 Å². The summed E-state index contributed by atoms with van der Waals surface area (Å²) < 4.78 is 1.63. The van der Waals surface area contributed by atoms with Crippen molar-refractivity contribution in [2.45, 2.75) is 26.7 Å². The number of benzene rings is 1. The number of pyridine rings is 1. The predicted octanol–water partition coefficient (Wildman–Crippen LogP) is 3.21. The Morgan fingerprint density at radius 3 is 2.38 bits per heavy atom. The molecule has 3 rings (SSSR count). The average molecular weight is 281 g/mol. The van der Waals surface area contributed by atoms with E-state index in [1.807, 2.05) is 30.3 Å². The number of hydrogen-bond acceptors (Lipinski definition) is 2. The van der Waals surface area contributed by atoms with Gasteiger partial charge in [0.2, 0.25) is 0 Å². The fraction of sp³-hybridized carbons (Fsp3) is 0.333. The van der Waals surface area contributed by atoms with Gasteiger partial charge >= 0.3 is 0 Å². The Bertz CT molecular complexity index is 770. The Labute approximate surface area is 124 Å². The van der Waals surface area contributed by atoms with Crippen molar-refractivity contribution in [3.8, 4) is 11.1 Å². The van der Waals surface area contributed by atoms with Crippen LogP contribution in [0.15, 0.2) is 41.2 Å². The van der Waals surface area contributed by atoms with E-state index in [1.54, 1.807) is 17.7 Å². The molecule has 3 heteroatoms. The molecule has 108 valence electrons. The fourth-order valence-electron chi connectivity index (χ4n) is 3.15. The summed E-state index contributed by atoms with van der Waals surface area (Å²) in [7, 11) is 1.75. The third-order valence-electron chi connectivity index (χ3n) is 4.21. The van der Waals surface area contributed by atoms with E-state index in [0.29, 0.717) is 6.42 Å². The topological polar surface area (TPSA) is 39.1 Å². The molecule has 0 atom stereocenters. The molecular weight excluding hydrogens is 262 g/mol. The summed E-state index contributed by atoms with van der Waals surface area (Å²) in [6, 6.07) is 11.3. The van der Waals surface area contributed by atoms with Crippen LogP contribution in [0.3, 0.4) is 0 Å². The number of ketones is 1. The smallest absolute Gasteiger partial charge is 0.251 e. The van der Waals surface area contributed by atoms with E-state index in [2.05, 4.69) is 13.8 Å². The minimum atomic E-state index is -0.0937. The summed E-state index contributed by atoms with van der Waals surface area (Å²) in [5.74, 6) is 0.135. The molecule has 21 heavy (non-hydrogen) atoms. The average Bonchev–Trinajstić information content (AvgIpc) is 2.43. The summed E-state index contributed by atoms with van der Waals surface area (Å²) in [4.78, 5) is 24.9. The number of hydrogen-bond donors (Lipinski definition) is 0. The number of carbonyl (C=O) groups excluding carboxylic acids is 1. The lowest BCUT2D eigenvalue weighted by molar-refractivity contribution is 0.0909. The molecule has 1 aliphatic carbocycles. The Kier molecular flexibility index (Phi) is 3.08. The van der Waals surface area contributed by atoms with Crippen molar-refractivity contribution in [2.24, 2.45) is 12.5 Å². The van der Waals surface area contributed by atoms with Crippen molar-refractivity contribution >= 4 is 5.78 Å². The van der Waals surface area contributed by atoms with Gasteiger partial charge < -0.3 is 4.57 Å². The Morgan fingerprint density at radius 2 is 1.71 bits per heavy atom. The van der Waals surface area contributed by atoms with Crippen LogP contribution < -0.4 is 5.56 Å². The zero-order valence-corrected chi connectivity index (χ0v) is 12.6. The first-order valence-corrected chi connectivity index (χ1v) is 7.20. The van der Waals surface area contributed by atoms with Gasteiger partial charge in [0.15, 0.2) is 5.78 Å². The summed E-state index contributed by atoms with van der Waals surface area (Å²) in [5, 5.41) is 0. The van der Waals surface area contributed by atoms with Gasteiger partial charge in [0.25, 0.3) is 5.56 Å². The Hall–Kier alpha value is -2.16. The zero-order chi connectivity index (χ0) is 15.2. The molecule has 1 heterocycles. The van der Waals surface area contributed by atoms with Gasteiger partial charge in [-0.1, -0.05) is 44.2 Å². The van der Waals surface area contributed by atoms with Crippen LogP contribution in [0, 0.1) is 5.41 Å². The lowest BCUT2D eigenvalue weighted by Gasteiger charge is -2.32. The maximum Gasteiger partial charge on any atom is 0.251 e. The van der Waals surface area contributed by atoms with Crippen LogP contribution in [-0.4, -0.2) is 10.4 Å². The second-order valence-corrected chi connectivity index (χ2v) is 6.58. The van der Waals surface area contributed by atoms with Gasteiger partial charge in [-0.3, -0.25) is 9.59 Å². The van der Waals surface area contributed by atoms with Crippen LogP contribution in [0.2, 0.25) is 0 Å². The van der Waals surface area contributed by atoms with Crippen LogP contribution in [-0.2, 0) is 13.5 Å². The van der Waals surface area contributed by atoms with E-state index in [0.717, 1.165) is 28.8 Å². The highest BCUT2D eigenvalue weighted by atomic mass is 16.1. The molecule has 0 saturated heterocycles. The van der Waals surface area contributed by atoms with Crippen molar-refractivity contribution in [3.05, 3.63) is 58.0 Å². The molecule has 1 aromatic carbocycles. The summed E-state index contributed by atoms with van der Waals surface area (Å²) >= 11 is 0. The normalized spacial score (nSPS) is 16.6. The molecule has 0 amide bonds. The van der Waals surface area contributed by atoms with Crippen molar-refractivity contribution in [1.82, 2.24) is 4.57 Å². The number of aromatic nitrogens is 1. The number of nitrogens with zero attached hydrogens (tertiary/aromatic N) is 1. The second-order valence-electron chi connectivity index (χ2n) is 6.58. The van der Waals surface area contributed by atoms with Crippen molar-refractivity contribution in [1.29, 1.82) is 0 Å². The van der Waals surface area contributed by atoms with Crippen LogP contribution in [0.25, 0.3) is 11.1 Å². The quantitative estimate of drug-likeness (QED) is 0.805. The molecule has 0 aliphatic heterocycles. The first kappa shape index (κ1) is 13.8. The predicted molar refractivity (Wildman–Crippen MR) is 83.6 cm³/mol. The first-order chi connectivity index (χ1) is 9.89. The van der Waals surface area contributed by atoms with Gasteiger partial charge in [-0.15, -0.1) is 0 Å². The molecular formula is C18H19NO2. The standard InChI is InChI=1S/C18H19NO2/c1-18(2)10-14-17(15(20)11-18)13(9-16(21)19(14)3)12-7-5-4-6-8-12/h4-9H,10-11H2,1-3H3. The molecule has 0 unspecified atom stereocenters. The van der Waals surface area contributed by atoms with Gasteiger partial charge in [-0.05, 0) is 23.0 Å². The van der Waals surface area contributed by atoms with Crippen LogP contribution in [0.5, 0.6) is 0 Å². The molecule has 0 spiro atoms. The molecule has 0 radical (unpaired) electrons. The Balaban J connectivity index is 2.33. The highest BCUT2D eigenvalue weighted by Gasteiger charge is 2.34. The lowest BCUT2D eigenvalue weighted by Crippen LogP contribution is -2.34. The third-order valence-corrected chi connectivity index (χ3v) is 4.21. The van der Waals surface area contributed by atoms with E-state index in [1.165, 1.54) is 0 Å². The van der Waals surface area contributed by atoms with Crippen molar-refractivity contribution in [2.75, 3.05) is 0 Å². The highest BCUT2D eigenvalue weighted by Crippen LogP contribution is 2.37. The van der Waals surface area contributed by atoms with Gasteiger partial charge in [0, 0.05) is 30.8 Å². The molecule has 1 aliphatic rings. The monoisotopic (exact) mass is 281 g/mol. The number of Topliss-reactive ketones (excluding diaryl/α,β-unsaturated/α-hetero) is 1. The minimum Gasteiger partial charge on any atom is -0.315 e. The van der Waals surface area contributed by atoms with Crippen molar-refractivity contribution in [3.63, 3.8) is 0 Å². The molecule has 0 N–H and O–H groups in total. The minimum absolute atomic E-state index is 0.0573. The third kappa shape index (κ3) is 2.33. The molecule has 3 nitrogen and oxygen atoms in total. The number of rotatable bonds is 1. The zero-order valence-electron chi connectivity index (χ0n) is 12.6. The first-order valence-electron chi connectivity index (χ1n) is 7.20. The summed E-state index contributed by atoms with van der Waals surface area (Å²) in [6.45, 7) is 4.15. The summed E-state index contributed by atoms with van der Waals surface area (Å²) in [5.41, 5.74) is 3.14. The van der Waals surface area contributed by atoms with E-state index in [-0.39, 0.29) is 16.8 Å². The largest absolute Gasteiger partial charge is 0.315 e. The maximum atomic E-state index is 12.6. The maximum absolute atomic E-state index is 12.6. The SMILES string of the molecule is Cn1c2c(c(-c3ccccc3)cc1=O)C(=O)CC(C)(C)C2. The number of fused-ring (bicyclic) bond motifs is 1. The molecule has 0 saturated carbocycles. The fourth-order valence-corrected chi connectivity index (χ4v) is 3.15. The van der Waals surface area contributed by atoms with Gasteiger partial charge in [-0.25, -0.2) is 0 Å². The van der Waals surface area contributed by atoms with E-state index in [4.69, 9.17) is 0 Å². The molecule has 2 aromatic rings. The number of carbonyl (C=O) groups is 1. The second kappa shape index (κ2) is 4.69. The molecule has 0 bridgehead atoms. The van der Waals surface area contributed by atoms with Gasteiger partial charge in [-0.2, -0.15) is 0 Å². The Morgan fingerprint density at radius 1 is 1.05 bits per heavy atom. The van der Waals surface area contributed by atoms with E-state index >= 15 is 0 Å².